The molecule has 2 aromatic rings. The highest BCUT2D eigenvalue weighted by molar-refractivity contribution is 7.89. The summed E-state index contributed by atoms with van der Waals surface area (Å²) in [5.74, 6) is -3.22. The van der Waals surface area contributed by atoms with Crippen LogP contribution in [0.5, 0.6) is 0 Å². The zero-order valence-electron chi connectivity index (χ0n) is 18.0. The highest BCUT2D eigenvalue weighted by Crippen LogP contribution is 2.46. The van der Waals surface area contributed by atoms with E-state index in [0.717, 1.165) is 30.5 Å². The molecule has 11 heteroatoms. The summed E-state index contributed by atoms with van der Waals surface area (Å²) in [6.07, 6.45) is 2.54. The number of benzene rings is 1. The second-order valence-corrected chi connectivity index (χ2v) is 11.0. The van der Waals surface area contributed by atoms with Gasteiger partial charge in [0.15, 0.2) is 11.6 Å². The molecule has 178 valence electrons. The SMILES string of the molecule is CCOC(=O)c1c(C2CC2)csc1NC(=O)C1CCN(S(=O)(=O)c2ccc(F)c(F)c2)CC1. The number of nitrogens with one attached hydrogen (secondary N) is 1. The van der Waals surface area contributed by atoms with Crippen molar-refractivity contribution in [1.29, 1.82) is 0 Å². The lowest BCUT2D eigenvalue weighted by molar-refractivity contribution is -0.120. The number of halogens is 2. The van der Waals surface area contributed by atoms with Crippen molar-refractivity contribution in [2.24, 2.45) is 5.92 Å². The van der Waals surface area contributed by atoms with Gasteiger partial charge in [-0.05, 0) is 67.7 Å². The fourth-order valence-electron chi connectivity index (χ4n) is 3.93. The van der Waals surface area contributed by atoms with Crippen LogP contribution in [0.2, 0.25) is 0 Å². The van der Waals surface area contributed by atoms with Crippen LogP contribution in [0.1, 0.15) is 54.4 Å². The van der Waals surface area contributed by atoms with Gasteiger partial charge in [0.05, 0.1) is 17.1 Å². The molecule has 0 atom stereocenters. The largest absolute Gasteiger partial charge is 0.462 e. The molecule has 1 aliphatic carbocycles. The van der Waals surface area contributed by atoms with Crippen molar-refractivity contribution in [1.82, 2.24) is 4.31 Å². The van der Waals surface area contributed by atoms with Crippen LogP contribution in [-0.2, 0) is 19.6 Å². The molecule has 7 nitrogen and oxygen atoms in total. The average molecular weight is 499 g/mol. The number of sulfonamides is 1. The highest BCUT2D eigenvalue weighted by atomic mass is 32.2. The van der Waals surface area contributed by atoms with Gasteiger partial charge in [0, 0.05) is 19.0 Å². The van der Waals surface area contributed by atoms with Crippen LogP contribution in [0.15, 0.2) is 28.5 Å². The number of hydrogen-bond acceptors (Lipinski definition) is 6. The van der Waals surface area contributed by atoms with Crippen LogP contribution in [0, 0.1) is 17.6 Å². The Morgan fingerprint density at radius 1 is 1.15 bits per heavy atom. The fraction of sp³-hybridized carbons (Fsp3) is 0.455. The summed E-state index contributed by atoms with van der Waals surface area (Å²) in [5, 5.41) is 5.18. The minimum absolute atomic E-state index is 0.0713. The van der Waals surface area contributed by atoms with E-state index in [1.165, 1.54) is 15.6 Å². The standard InChI is InChI=1S/C22H24F2N2O5S2/c1-2-31-22(28)19-16(13-3-4-13)12-32-21(19)25-20(27)14-7-9-26(10-8-14)33(29,30)15-5-6-17(23)18(24)11-15/h5-6,11-14H,2-4,7-10H2,1H3,(H,25,27). The molecule has 0 unspecified atom stereocenters. The Balaban J connectivity index is 1.42. The highest BCUT2D eigenvalue weighted by Gasteiger charge is 2.35. The first kappa shape index (κ1) is 23.8. The number of hydrogen-bond donors (Lipinski definition) is 1. The first-order valence-electron chi connectivity index (χ1n) is 10.8. The van der Waals surface area contributed by atoms with Gasteiger partial charge in [0.1, 0.15) is 5.00 Å². The molecule has 33 heavy (non-hydrogen) atoms. The molecular formula is C22H24F2N2O5S2. The third-order valence-corrected chi connectivity index (χ3v) is 8.71. The van der Waals surface area contributed by atoms with E-state index in [4.69, 9.17) is 4.74 Å². The summed E-state index contributed by atoms with van der Waals surface area (Å²) < 4.78 is 58.5. The maximum atomic E-state index is 13.5. The zero-order chi connectivity index (χ0) is 23.8. The smallest absolute Gasteiger partial charge is 0.341 e. The molecule has 0 radical (unpaired) electrons. The number of carbonyl (C=O) groups excluding carboxylic acids is 2. The Morgan fingerprint density at radius 2 is 1.85 bits per heavy atom. The number of esters is 1. The second-order valence-electron chi connectivity index (χ2n) is 8.13. The van der Waals surface area contributed by atoms with Crippen molar-refractivity contribution in [2.75, 3.05) is 25.0 Å². The van der Waals surface area contributed by atoms with Crippen molar-refractivity contribution >= 4 is 38.2 Å². The molecule has 1 saturated carbocycles. The molecule has 4 rings (SSSR count). The summed E-state index contributed by atoms with van der Waals surface area (Å²) >= 11 is 1.29. The third kappa shape index (κ3) is 4.95. The van der Waals surface area contributed by atoms with E-state index >= 15 is 0 Å². The number of nitrogens with zero attached hydrogens (tertiary/aromatic N) is 1. The van der Waals surface area contributed by atoms with E-state index < -0.39 is 33.5 Å². The molecule has 2 heterocycles. The van der Waals surface area contributed by atoms with Crippen molar-refractivity contribution < 1.29 is 31.5 Å². The van der Waals surface area contributed by atoms with Gasteiger partial charge < -0.3 is 10.1 Å². The van der Waals surface area contributed by atoms with E-state index in [1.54, 1.807) is 6.92 Å². The van der Waals surface area contributed by atoms with E-state index in [-0.39, 0.29) is 43.3 Å². The minimum atomic E-state index is -4.00. The van der Waals surface area contributed by atoms with E-state index in [1.807, 2.05) is 5.38 Å². The molecule has 1 aromatic heterocycles. The number of anilines is 1. The molecular weight excluding hydrogens is 474 g/mol. The van der Waals surface area contributed by atoms with Crippen LogP contribution in [0.25, 0.3) is 0 Å². The molecule has 1 aromatic carbocycles. The van der Waals surface area contributed by atoms with Crippen molar-refractivity contribution in [3.8, 4) is 0 Å². The van der Waals surface area contributed by atoms with Gasteiger partial charge in [-0.2, -0.15) is 4.31 Å². The van der Waals surface area contributed by atoms with Crippen molar-refractivity contribution in [3.63, 3.8) is 0 Å². The summed E-state index contributed by atoms with van der Waals surface area (Å²) in [6.45, 7) is 2.10. The van der Waals surface area contributed by atoms with Gasteiger partial charge in [-0.15, -0.1) is 11.3 Å². The van der Waals surface area contributed by atoms with Gasteiger partial charge in [-0.1, -0.05) is 0 Å². The minimum Gasteiger partial charge on any atom is -0.462 e. The number of ether oxygens (including phenoxy) is 1. The lowest BCUT2D eigenvalue weighted by Crippen LogP contribution is -2.41. The van der Waals surface area contributed by atoms with E-state index in [2.05, 4.69) is 5.32 Å². The normalized spacial score (nSPS) is 17.7. The topological polar surface area (TPSA) is 92.8 Å². The molecule has 1 N–H and O–H groups in total. The van der Waals surface area contributed by atoms with Crippen LogP contribution >= 0.6 is 11.3 Å². The van der Waals surface area contributed by atoms with E-state index in [9.17, 15) is 26.8 Å². The van der Waals surface area contributed by atoms with Gasteiger partial charge in [-0.3, -0.25) is 4.79 Å². The molecule has 2 aliphatic rings. The molecule has 2 fully saturated rings. The predicted molar refractivity (Wildman–Crippen MR) is 119 cm³/mol. The lowest BCUT2D eigenvalue weighted by atomic mass is 9.97. The summed E-state index contributed by atoms with van der Waals surface area (Å²) in [5.41, 5.74) is 1.32. The first-order valence-corrected chi connectivity index (χ1v) is 13.1. The van der Waals surface area contributed by atoms with Crippen LogP contribution in [0.3, 0.4) is 0 Å². The van der Waals surface area contributed by atoms with Gasteiger partial charge in [0.2, 0.25) is 15.9 Å². The maximum absolute atomic E-state index is 13.5. The van der Waals surface area contributed by atoms with E-state index in [0.29, 0.717) is 22.5 Å². The number of rotatable bonds is 7. The van der Waals surface area contributed by atoms with Gasteiger partial charge >= 0.3 is 5.97 Å². The predicted octanol–water partition coefficient (Wildman–Crippen LogP) is 4.12. The van der Waals surface area contributed by atoms with Crippen LogP contribution in [-0.4, -0.2) is 44.3 Å². The Kier molecular flexibility index (Phi) is 6.83. The number of carbonyl (C=O) groups is 2. The lowest BCUT2D eigenvalue weighted by Gasteiger charge is -2.30. The van der Waals surface area contributed by atoms with Crippen LogP contribution < -0.4 is 5.32 Å². The number of amides is 1. The fourth-order valence-corrected chi connectivity index (χ4v) is 6.45. The third-order valence-electron chi connectivity index (χ3n) is 5.91. The summed E-state index contributed by atoms with van der Waals surface area (Å²) in [6, 6.07) is 2.47. The van der Waals surface area contributed by atoms with Crippen molar-refractivity contribution in [3.05, 3.63) is 46.3 Å². The quantitative estimate of drug-likeness (QED) is 0.580. The Labute approximate surface area is 194 Å². The van der Waals surface area contributed by atoms with Gasteiger partial charge in [-0.25, -0.2) is 22.0 Å². The zero-order valence-corrected chi connectivity index (χ0v) is 19.6. The number of thiophene rings is 1. The average Bonchev–Trinajstić information content (AvgIpc) is 3.55. The summed E-state index contributed by atoms with van der Waals surface area (Å²) in [7, 11) is -4.00. The number of piperidine rings is 1. The van der Waals surface area contributed by atoms with Gasteiger partial charge in [0.25, 0.3) is 0 Å². The van der Waals surface area contributed by atoms with Crippen molar-refractivity contribution in [2.45, 2.75) is 43.4 Å². The Bertz CT molecular complexity index is 1170. The molecule has 1 aliphatic heterocycles. The Morgan fingerprint density at radius 3 is 2.45 bits per heavy atom. The Hall–Kier alpha value is -2.37. The second kappa shape index (κ2) is 9.47. The first-order chi connectivity index (χ1) is 15.7. The molecule has 1 amide bonds. The maximum Gasteiger partial charge on any atom is 0.341 e. The summed E-state index contributed by atoms with van der Waals surface area (Å²) in [4.78, 5) is 25.0. The molecule has 0 bridgehead atoms. The molecule has 0 spiro atoms. The van der Waals surface area contributed by atoms with Crippen LogP contribution in [0.4, 0.5) is 13.8 Å². The monoisotopic (exact) mass is 498 g/mol. The molecule has 1 saturated heterocycles.